The zero-order chi connectivity index (χ0) is 20.4. The number of aromatic nitrogens is 1. The van der Waals surface area contributed by atoms with E-state index in [-0.39, 0.29) is 42.7 Å². The number of carbonyl (C=O) groups excluding carboxylic acids is 1. The second-order valence-corrected chi connectivity index (χ2v) is 11.0. The Hall–Kier alpha value is -1.56. The molecule has 0 spiro atoms. The van der Waals surface area contributed by atoms with Crippen LogP contribution in [0.1, 0.15) is 26.2 Å². The molecule has 0 aromatic carbocycles. The molecule has 0 aliphatic carbocycles. The smallest absolute Gasteiger partial charge is 0.244 e. The van der Waals surface area contributed by atoms with E-state index in [1.54, 1.807) is 17.9 Å². The maximum absolute atomic E-state index is 12.9. The van der Waals surface area contributed by atoms with Gasteiger partial charge in [-0.25, -0.2) is 16.8 Å². The normalized spacial score (nSPS) is 22.5. The summed E-state index contributed by atoms with van der Waals surface area (Å²) in [5.41, 5.74) is 0. The molecule has 1 aromatic rings. The first-order valence-electron chi connectivity index (χ1n) is 9.46. The van der Waals surface area contributed by atoms with Gasteiger partial charge in [0, 0.05) is 45.1 Å². The van der Waals surface area contributed by atoms with E-state index >= 15 is 0 Å². The van der Waals surface area contributed by atoms with Gasteiger partial charge in [-0.2, -0.15) is 8.61 Å². The highest BCUT2D eigenvalue weighted by Gasteiger charge is 2.41. The second kappa shape index (κ2) is 8.44. The fourth-order valence-corrected chi connectivity index (χ4v) is 6.83. The summed E-state index contributed by atoms with van der Waals surface area (Å²) in [6.07, 6.45) is 4.49. The van der Waals surface area contributed by atoms with Crippen molar-refractivity contribution < 1.29 is 21.6 Å². The van der Waals surface area contributed by atoms with Crippen molar-refractivity contribution in [1.29, 1.82) is 0 Å². The lowest BCUT2D eigenvalue weighted by Gasteiger charge is -2.36. The van der Waals surface area contributed by atoms with Gasteiger partial charge in [0.1, 0.15) is 10.9 Å². The van der Waals surface area contributed by atoms with E-state index in [1.165, 1.54) is 27.1 Å². The average molecular weight is 431 g/mol. The molecule has 9 nitrogen and oxygen atoms in total. The standard InChI is InChI=1S/C17H26N4O5S2/c1-2-13-27(23,24)21-8-4-6-16(21)17(22)19-9-11-20(12-10-19)28(25,26)15-5-3-7-18-14-15/h3,5,7,14,16H,2,4,6,8-13H2,1H3. The van der Waals surface area contributed by atoms with E-state index < -0.39 is 26.1 Å². The Labute approximate surface area is 166 Å². The van der Waals surface area contributed by atoms with Crippen LogP contribution in [-0.2, 0) is 24.8 Å². The van der Waals surface area contributed by atoms with Crippen LogP contribution >= 0.6 is 0 Å². The van der Waals surface area contributed by atoms with Crippen LogP contribution in [0.3, 0.4) is 0 Å². The molecule has 0 N–H and O–H groups in total. The van der Waals surface area contributed by atoms with Crippen LogP contribution in [0.5, 0.6) is 0 Å². The maximum Gasteiger partial charge on any atom is 0.244 e. The van der Waals surface area contributed by atoms with E-state index in [9.17, 15) is 21.6 Å². The van der Waals surface area contributed by atoms with E-state index in [4.69, 9.17) is 0 Å². The number of amides is 1. The lowest BCUT2D eigenvalue weighted by Crippen LogP contribution is -2.55. The van der Waals surface area contributed by atoms with E-state index in [1.807, 2.05) is 0 Å². The minimum absolute atomic E-state index is 0.0356. The van der Waals surface area contributed by atoms with Gasteiger partial charge in [0.2, 0.25) is 26.0 Å². The molecular formula is C17H26N4O5S2. The molecule has 1 atom stereocenters. The van der Waals surface area contributed by atoms with Gasteiger partial charge in [0.25, 0.3) is 0 Å². The van der Waals surface area contributed by atoms with Crippen molar-refractivity contribution in [3.8, 4) is 0 Å². The largest absolute Gasteiger partial charge is 0.339 e. The molecule has 2 aliphatic heterocycles. The maximum atomic E-state index is 12.9. The van der Waals surface area contributed by atoms with Crippen LogP contribution in [0.15, 0.2) is 29.4 Å². The van der Waals surface area contributed by atoms with Gasteiger partial charge in [-0.05, 0) is 31.4 Å². The number of nitrogens with zero attached hydrogens (tertiary/aromatic N) is 4. The lowest BCUT2D eigenvalue weighted by molar-refractivity contribution is -0.135. The number of hydrogen-bond acceptors (Lipinski definition) is 6. The SMILES string of the molecule is CCCS(=O)(=O)N1CCCC1C(=O)N1CCN(S(=O)(=O)c2cccnc2)CC1. The number of pyridine rings is 1. The number of hydrogen-bond donors (Lipinski definition) is 0. The molecule has 0 radical (unpaired) electrons. The topological polar surface area (TPSA) is 108 Å². The van der Waals surface area contributed by atoms with E-state index in [0.717, 1.165) is 0 Å². The molecule has 0 bridgehead atoms. The predicted octanol–water partition coefficient (Wildman–Crippen LogP) is 0.119. The Balaban J connectivity index is 1.65. The zero-order valence-corrected chi connectivity index (χ0v) is 17.5. The summed E-state index contributed by atoms with van der Waals surface area (Å²) in [6, 6.07) is 2.39. The van der Waals surface area contributed by atoms with Crippen LogP contribution in [0.25, 0.3) is 0 Å². The molecule has 1 aromatic heterocycles. The minimum atomic E-state index is -3.64. The van der Waals surface area contributed by atoms with Crippen molar-refractivity contribution >= 4 is 26.0 Å². The highest BCUT2D eigenvalue weighted by molar-refractivity contribution is 7.89. The molecule has 1 unspecified atom stereocenters. The highest BCUT2D eigenvalue weighted by Crippen LogP contribution is 2.25. The molecule has 156 valence electrons. The molecule has 3 heterocycles. The van der Waals surface area contributed by atoms with Crippen molar-refractivity contribution in [3.05, 3.63) is 24.5 Å². The molecule has 0 saturated carbocycles. The third-order valence-electron chi connectivity index (χ3n) is 5.13. The average Bonchev–Trinajstić information content (AvgIpc) is 3.19. The van der Waals surface area contributed by atoms with Crippen LogP contribution < -0.4 is 0 Å². The second-order valence-electron chi connectivity index (χ2n) is 7.00. The third kappa shape index (κ3) is 4.22. The molecule has 28 heavy (non-hydrogen) atoms. The van der Waals surface area contributed by atoms with Gasteiger partial charge in [-0.15, -0.1) is 0 Å². The van der Waals surface area contributed by atoms with Crippen LogP contribution in [0.2, 0.25) is 0 Å². The Morgan fingerprint density at radius 2 is 1.86 bits per heavy atom. The number of sulfonamides is 2. The van der Waals surface area contributed by atoms with Gasteiger partial charge in [0.15, 0.2) is 0 Å². The van der Waals surface area contributed by atoms with Gasteiger partial charge >= 0.3 is 0 Å². The highest BCUT2D eigenvalue weighted by atomic mass is 32.2. The fraction of sp³-hybridized carbons (Fsp3) is 0.647. The number of piperazine rings is 1. The van der Waals surface area contributed by atoms with Crippen LogP contribution in [0, 0.1) is 0 Å². The first-order valence-corrected chi connectivity index (χ1v) is 12.5. The van der Waals surface area contributed by atoms with Crippen molar-refractivity contribution in [2.24, 2.45) is 0 Å². The third-order valence-corrected chi connectivity index (χ3v) is 9.09. The van der Waals surface area contributed by atoms with Crippen molar-refractivity contribution in [2.75, 3.05) is 38.5 Å². The monoisotopic (exact) mass is 430 g/mol. The molecule has 2 aliphatic rings. The first-order chi connectivity index (χ1) is 13.3. The summed E-state index contributed by atoms with van der Waals surface area (Å²) in [6.45, 7) is 3.02. The van der Waals surface area contributed by atoms with Crippen molar-refractivity contribution in [3.63, 3.8) is 0 Å². The Kier molecular flexibility index (Phi) is 6.37. The van der Waals surface area contributed by atoms with Gasteiger partial charge in [-0.1, -0.05) is 6.92 Å². The summed E-state index contributed by atoms with van der Waals surface area (Å²) in [5, 5.41) is 0. The van der Waals surface area contributed by atoms with E-state index in [0.29, 0.717) is 25.8 Å². The quantitative estimate of drug-likeness (QED) is 0.634. The van der Waals surface area contributed by atoms with E-state index in [2.05, 4.69) is 4.98 Å². The predicted molar refractivity (Wildman–Crippen MR) is 103 cm³/mol. The summed E-state index contributed by atoms with van der Waals surface area (Å²) >= 11 is 0. The Morgan fingerprint density at radius 3 is 2.46 bits per heavy atom. The van der Waals surface area contributed by atoms with Crippen LogP contribution in [0.4, 0.5) is 0 Å². The molecule has 2 saturated heterocycles. The van der Waals surface area contributed by atoms with Crippen LogP contribution in [-0.4, -0.2) is 85.8 Å². The molecule has 2 fully saturated rings. The summed E-state index contributed by atoms with van der Waals surface area (Å²) in [4.78, 5) is 18.5. The fourth-order valence-electron chi connectivity index (χ4n) is 3.70. The van der Waals surface area contributed by atoms with Crippen molar-refractivity contribution in [2.45, 2.75) is 37.1 Å². The molecular weight excluding hydrogens is 404 g/mol. The Bertz CT molecular complexity index is 897. The number of carbonyl (C=O) groups is 1. The van der Waals surface area contributed by atoms with Crippen molar-refractivity contribution in [1.82, 2.24) is 18.5 Å². The Morgan fingerprint density at radius 1 is 1.14 bits per heavy atom. The summed E-state index contributed by atoms with van der Waals surface area (Å²) in [7, 11) is -7.09. The van der Waals surface area contributed by atoms with Gasteiger partial charge in [0.05, 0.1) is 5.75 Å². The minimum Gasteiger partial charge on any atom is -0.339 e. The molecule has 1 amide bonds. The summed E-state index contributed by atoms with van der Waals surface area (Å²) in [5.74, 6) is -0.191. The molecule has 3 rings (SSSR count). The number of rotatable bonds is 6. The summed E-state index contributed by atoms with van der Waals surface area (Å²) < 4.78 is 52.9. The van der Waals surface area contributed by atoms with Gasteiger partial charge < -0.3 is 4.90 Å². The van der Waals surface area contributed by atoms with Gasteiger partial charge in [-0.3, -0.25) is 9.78 Å². The molecule has 11 heteroatoms. The lowest BCUT2D eigenvalue weighted by atomic mass is 10.2. The zero-order valence-electron chi connectivity index (χ0n) is 15.9. The first kappa shape index (κ1) is 21.2.